The Labute approximate surface area is 117 Å². The lowest BCUT2D eigenvalue weighted by atomic mass is 10.3. The summed E-state index contributed by atoms with van der Waals surface area (Å²) in [5.41, 5.74) is 1.25. The third kappa shape index (κ3) is 4.90. The topological polar surface area (TPSA) is 65.5 Å². The van der Waals surface area contributed by atoms with Gasteiger partial charge in [0.05, 0.1) is 0 Å². The van der Waals surface area contributed by atoms with E-state index in [2.05, 4.69) is 37.8 Å². The minimum absolute atomic E-state index is 0.183. The molecule has 104 valence electrons. The number of carbonyl (C=O) groups is 1. The van der Waals surface area contributed by atoms with E-state index in [0.717, 1.165) is 25.3 Å². The summed E-state index contributed by atoms with van der Waals surface area (Å²) in [7, 11) is 1.74. The second kappa shape index (κ2) is 7.13. The zero-order valence-corrected chi connectivity index (χ0v) is 11.9. The largest absolute Gasteiger partial charge is 0.355 e. The number of thiophene rings is 1. The number of guanidine groups is 1. The van der Waals surface area contributed by atoms with Crippen LogP contribution in [-0.2, 0) is 11.3 Å². The number of hydrogen-bond acceptors (Lipinski definition) is 3. The molecular weight excluding hydrogens is 260 g/mol. The van der Waals surface area contributed by atoms with Crippen molar-refractivity contribution in [2.75, 3.05) is 20.1 Å². The number of nitrogens with zero attached hydrogens (tertiary/aromatic N) is 1. The van der Waals surface area contributed by atoms with E-state index in [-0.39, 0.29) is 11.8 Å². The Hall–Kier alpha value is -1.56. The smallest absolute Gasteiger partial charge is 0.223 e. The van der Waals surface area contributed by atoms with Gasteiger partial charge in [-0.2, -0.15) is 11.3 Å². The van der Waals surface area contributed by atoms with Crippen molar-refractivity contribution >= 4 is 23.2 Å². The van der Waals surface area contributed by atoms with Gasteiger partial charge in [-0.25, -0.2) is 0 Å². The van der Waals surface area contributed by atoms with Crippen LogP contribution in [0.3, 0.4) is 0 Å². The quantitative estimate of drug-likeness (QED) is 0.413. The Morgan fingerprint density at radius 1 is 1.37 bits per heavy atom. The zero-order chi connectivity index (χ0) is 13.5. The highest BCUT2D eigenvalue weighted by Crippen LogP contribution is 2.28. The lowest BCUT2D eigenvalue weighted by molar-refractivity contribution is -0.122. The average molecular weight is 280 g/mol. The maximum atomic E-state index is 11.4. The maximum Gasteiger partial charge on any atom is 0.223 e. The molecule has 1 aromatic rings. The standard InChI is InChI=1S/C13H20N4OS/c1-14-13(17-8-10-4-7-19-9-10)16-6-5-15-12(18)11-2-3-11/h4,7,9,11H,2-3,5-6,8H2,1H3,(H,15,18)(H2,14,16,17). The summed E-state index contributed by atoms with van der Waals surface area (Å²) < 4.78 is 0. The molecule has 3 N–H and O–H groups in total. The minimum atomic E-state index is 0.183. The molecule has 1 aliphatic carbocycles. The third-order valence-corrected chi connectivity index (χ3v) is 3.66. The van der Waals surface area contributed by atoms with Crippen molar-refractivity contribution in [3.05, 3.63) is 22.4 Å². The van der Waals surface area contributed by atoms with Gasteiger partial charge in [0.2, 0.25) is 5.91 Å². The molecular formula is C13H20N4OS. The van der Waals surface area contributed by atoms with Crippen LogP contribution in [0, 0.1) is 5.92 Å². The van der Waals surface area contributed by atoms with Gasteiger partial charge in [-0.3, -0.25) is 9.79 Å². The molecule has 0 saturated heterocycles. The molecule has 6 heteroatoms. The molecule has 1 saturated carbocycles. The van der Waals surface area contributed by atoms with Crippen LogP contribution in [0.25, 0.3) is 0 Å². The van der Waals surface area contributed by atoms with Crippen LogP contribution >= 0.6 is 11.3 Å². The summed E-state index contributed by atoms with van der Waals surface area (Å²) in [5.74, 6) is 1.21. The molecule has 1 aromatic heterocycles. The molecule has 0 bridgehead atoms. The van der Waals surface area contributed by atoms with Crippen molar-refractivity contribution in [3.8, 4) is 0 Å². The molecule has 2 rings (SSSR count). The van der Waals surface area contributed by atoms with Gasteiger partial charge in [-0.05, 0) is 35.2 Å². The highest BCUT2D eigenvalue weighted by molar-refractivity contribution is 7.07. The molecule has 1 heterocycles. The molecule has 0 aliphatic heterocycles. The van der Waals surface area contributed by atoms with Crippen molar-refractivity contribution in [3.63, 3.8) is 0 Å². The number of aliphatic imine (C=N–C) groups is 1. The van der Waals surface area contributed by atoms with Gasteiger partial charge in [0.15, 0.2) is 5.96 Å². The fourth-order valence-corrected chi connectivity index (χ4v) is 2.32. The SMILES string of the molecule is CN=C(NCCNC(=O)C1CC1)NCc1ccsc1. The van der Waals surface area contributed by atoms with Crippen molar-refractivity contribution in [2.24, 2.45) is 10.9 Å². The predicted octanol–water partition coefficient (Wildman–Crippen LogP) is 0.939. The van der Waals surface area contributed by atoms with Gasteiger partial charge in [-0.15, -0.1) is 0 Å². The highest BCUT2D eigenvalue weighted by Gasteiger charge is 2.28. The second-order valence-electron chi connectivity index (χ2n) is 4.55. The second-order valence-corrected chi connectivity index (χ2v) is 5.33. The number of nitrogens with one attached hydrogen (secondary N) is 3. The Balaban J connectivity index is 1.58. The van der Waals surface area contributed by atoms with E-state index in [9.17, 15) is 4.79 Å². The molecule has 0 atom stereocenters. The van der Waals surface area contributed by atoms with E-state index >= 15 is 0 Å². The van der Waals surface area contributed by atoms with E-state index < -0.39 is 0 Å². The van der Waals surface area contributed by atoms with E-state index in [1.807, 2.05) is 0 Å². The molecule has 0 spiro atoms. The summed E-state index contributed by atoms with van der Waals surface area (Å²) in [4.78, 5) is 15.6. The van der Waals surface area contributed by atoms with E-state index in [0.29, 0.717) is 13.1 Å². The first-order chi connectivity index (χ1) is 9.29. The molecule has 5 nitrogen and oxygen atoms in total. The Morgan fingerprint density at radius 3 is 2.79 bits per heavy atom. The Bertz CT molecular complexity index is 426. The number of hydrogen-bond donors (Lipinski definition) is 3. The first-order valence-electron chi connectivity index (χ1n) is 6.53. The molecule has 1 fully saturated rings. The predicted molar refractivity (Wildman–Crippen MR) is 78.3 cm³/mol. The van der Waals surface area contributed by atoms with Crippen molar-refractivity contribution in [1.82, 2.24) is 16.0 Å². The fourth-order valence-electron chi connectivity index (χ4n) is 1.66. The summed E-state index contributed by atoms with van der Waals surface area (Å²) in [6.07, 6.45) is 2.09. The van der Waals surface area contributed by atoms with Gasteiger partial charge >= 0.3 is 0 Å². The Kier molecular flexibility index (Phi) is 5.20. The van der Waals surface area contributed by atoms with Crippen molar-refractivity contribution < 1.29 is 4.79 Å². The monoisotopic (exact) mass is 280 g/mol. The molecule has 0 aromatic carbocycles. The highest BCUT2D eigenvalue weighted by atomic mass is 32.1. The van der Waals surface area contributed by atoms with Gasteiger partial charge in [0.25, 0.3) is 0 Å². The zero-order valence-electron chi connectivity index (χ0n) is 11.1. The molecule has 1 amide bonds. The normalized spacial score (nSPS) is 15.1. The van der Waals surface area contributed by atoms with Crippen molar-refractivity contribution in [1.29, 1.82) is 0 Å². The van der Waals surface area contributed by atoms with Crippen LogP contribution in [0.15, 0.2) is 21.8 Å². The van der Waals surface area contributed by atoms with E-state index in [1.54, 1.807) is 18.4 Å². The van der Waals surface area contributed by atoms with Crippen LogP contribution in [0.5, 0.6) is 0 Å². The van der Waals surface area contributed by atoms with E-state index in [1.165, 1.54) is 5.56 Å². The lowest BCUT2D eigenvalue weighted by Gasteiger charge is -2.11. The van der Waals surface area contributed by atoms with Crippen LogP contribution < -0.4 is 16.0 Å². The molecule has 0 unspecified atom stereocenters. The first kappa shape index (κ1) is 13.9. The van der Waals surface area contributed by atoms with Crippen LogP contribution in [0.1, 0.15) is 18.4 Å². The van der Waals surface area contributed by atoms with Gasteiger partial charge < -0.3 is 16.0 Å². The minimum Gasteiger partial charge on any atom is -0.355 e. The number of amides is 1. The molecule has 19 heavy (non-hydrogen) atoms. The first-order valence-corrected chi connectivity index (χ1v) is 7.47. The van der Waals surface area contributed by atoms with Crippen LogP contribution in [-0.4, -0.2) is 32.0 Å². The molecule has 0 radical (unpaired) electrons. The third-order valence-electron chi connectivity index (χ3n) is 2.93. The van der Waals surface area contributed by atoms with Gasteiger partial charge in [-0.1, -0.05) is 0 Å². The van der Waals surface area contributed by atoms with Gasteiger partial charge in [0, 0.05) is 32.6 Å². The van der Waals surface area contributed by atoms with E-state index in [4.69, 9.17) is 0 Å². The summed E-state index contributed by atoms with van der Waals surface area (Å²) >= 11 is 1.68. The number of carbonyl (C=O) groups excluding carboxylic acids is 1. The Morgan fingerprint density at radius 2 is 2.16 bits per heavy atom. The maximum absolute atomic E-state index is 11.4. The van der Waals surface area contributed by atoms with Crippen LogP contribution in [0.4, 0.5) is 0 Å². The summed E-state index contributed by atoms with van der Waals surface area (Å²) in [6.45, 7) is 2.08. The molecule has 1 aliphatic rings. The summed E-state index contributed by atoms with van der Waals surface area (Å²) in [6, 6.07) is 2.08. The van der Waals surface area contributed by atoms with Crippen molar-refractivity contribution in [2.45, 2.75) is 19.4 Å². The van der Waals surface area contributed by atoms with Crippen LogP contribution in [0.2, 0.25) is 0 Å². The lowest BCUT2D eigenvalue weighted by Crippen LogP contribution is -2.41. The fraction of sp³-hybridized carbons (Fsp3) is 0.538. The number of rotatable bonds is 6. The average Bonchev–Trinajstić information content (AvgIpc) is 3.15. The summed E-state index contributed by atoms with van der Waals surface area (Å²) in [5, 5.41) is 13.5. The van der Waals surface area contributed by atoms with Gasteiger partial charge in [0.1, 0.15) is 0 Å².